The first-order valence-electron chi connectivity index (χ1n) is 16.5. The predicted molar refractivity (Wildman–Crippen MR) is 195 cm³/mol. The van der Waals surface area contributed by atoms with Crippen molar-refractivity contribution in [3.05, 3.63) is 94.0 Å². The Hall–Kier alpha value is -4.06. The minimum absolute atomic E-state index is 0.0656. The fraction of sp³-hybridized carbons (Fsp3) is 0.351. The average molecular weight is 722 g/mol. The van der Waals surface area contributed by atoms with Crippen molar-refractivity contribution in [2.75, 3.05) is 24.7 Å². The molecule has 1 aliphatic rings. The van der Waals surface area contributed by atoms with E-state index in [9.17, 15) is 14.7 Å². The van der Waals surface area contributed by atoms with Crippen molar-refractivity contribution in [1.82, 2.24) is 10.2 Å². The highest BCUT2D eigenvalue weighted by atomic mass is 35.5. The summed E-state index contributed by atoms with van der Waals surface area (Å²) in [5.74, 6) is 0.281. The van der Waals surface area contributed by atoms with Gasteiger partial charge >= 0.3 is 5.91 Å². The molecule has 0 saturated carbocycles. The molecule has 4 aromatic rings. The highest BCUT2D eigenvalue weighted by molar-refractivity contribution is 8.00. The van der Waals surface area contributed by atoms with E-state index >= 15 is 0 Å². The molecule has 5 rings (SSSR count). The Labute approximate surface area is 300 Å². The van der Waals surface area contributed by atoms with E-state index in [1.165, 1.54) is 28.0 Å². The molecule has 0 unspecified atom stereocenters. The number of halogens is 1. The molecule has 9 nitrogen and oxygen atoms in total. The van der Waals surface area contributed by atoms with E-state index in [1.54, 1.807) is 42.5 Å². The summed E-state index contributed by atoms with van der Waals surface area (Å²) >= 11 is 8.97. The number of hydrogen-bond donors (Lipinski definition) is 1. The van der Waals surface area contributed by atoms with E-state index in [0.717, 1.165) is 37.7 Å². The SMILES string of the molecule is CCCCCOc1ccc([C@H]2C(=C(O)c3ccc(OCCCC)cc3)C(=O)C(=O)N2c2nnc(SCc3ccccc3Cl)s2)cc1OCC. The van der Waals surface area contributed by atoms with Gasteiger partial charge in [-0.3, -0.25) is 14.5 Å². The van der Waals surface area contributed by atoms with Crippen LogP contribution in [0.25, 0.3) is 5.76 Å². The van der Waals surface area contributed by atoms with Gasteiger partial charge in [-0.2, -0.15) is 0 Å². The number of carbonyl (C=O) groups excluding carboxylic acids is 2. The number of benzene rings is 3. The Kier molecular flexibility index (Phi) is 13.0. The summed E-state index contributed by atoms with van der Waals surface area (Å²) in [4.78, 5) is 28.9. The maximum Gasteiger partial charge on any atom is 0.301 e. The van der Waals surface area contributed by atoms with Crippen LogP contribution in [0.15, 0.2) is 76.6 Å². The van der Waals surface area contributed by atoms with E-state index in [0.29, 0.717) is 63.3 Å². The normalized spacial score (nSPS) is 15.5. The van der Waals surface area contributed by atoms with Crippen molar-refractivity contribution in [1.29, 1.82) is 0 Å². The highest BCUT2D eigenvalue weighted by Crippen LogP contribution is 2.46. The molecule has 0 radical (unpaired) electrons. The standard InChI is InChI=1S/C37H40ClN3O6S2/c1-4-7-11-21-47-29-19-16-25(22-30(29)45-6-3)32-31(33(42)24-14-17-27(18-15-24)46-20-8-5-2)34(43)35(44)41(32)36-39-40-37(49-36)48-23-26-12-9-10-13-28(26)38/h9-10,12-19,22,32,42H,4-8,11,20-21,23H2,1-3H3/t32-/m0/s1. The molecule has 1 aliphatic heterocycles. The molecule has 1 saturated heterocycles. The van der Waals surface area contributed by atoms with Crippen molar-refractivity contribution in [3.63, 3.8) is 0 Å². The molecule has 49 heavy (non-hydrogen) atoms. The van der Waals surface area contributed by atoms with Crippen molar-refractivity contribution in [2.24, 2.45) is 0 Å². The first-order chi connectivity index (χ1) is 23.9. The summed E-state index contributed by atoms with van der Waals surface area (Å²) in [6.07, 6.45) is 4.94. The second-order valence-electron chi connectivity index (χ2n) is 11.3. The lowest BCUT2D eigenvalue weighted by Gasteiger charge is -2.23. The third kappa shape index (κ3) is 8.76. The second kappa shape index (κ2) is 17.6. The van der Waals surface area contributed by atoms with E-state index < -0.39 is 17.7 Å². The number of ether oxygens (including phenoxy) is 3. The van der Waals surface area contributed by atoms with E-state index in [4.69, 9.17) is 25.8 Å². The van der Waals surface area contributed by atoms with Crippen LogP contribution in [0.2, 0.25) is 5.02 Å². The lowest BCUT2D eigenvalue weighted by molar-refractivity contribution is -0.132. The molecule has 258 valence electrons. The number of aliphatic hydroxyl groups excluding tert-OH is 1. The number of amides is 1. The summed E-state index contributed by atoms with van der Waals surface area (Å²) < 4.78 is 18.4. The molecular weight excluding hydrogens is 682 g/mol. The minimum Gasteiger partial charge on any atom is -0.507 e. The van der Waals surface area contributed by atoms with Crippen LogP contribution >= 0.6 is 34.7 Å². The molecular formula is C37H40ClN3O6S2. The fourth-order valence-electron chi connectivity index (χ4n) is 5.27. The summed E-state index contributed by atoms with van der Waals surface area (Å²) in [5, 5.41) is 21.2. The summed E-state index contributed by atoms with van der Waals surface area (Å²) in [5.41, 5.74) is 1.79. The molecule has 0 spiro atoms. The van der Waals surface area contributed by atoms with Crippen LogP contribution in [0, 0.1) is 0 Å². The number of aliphatic hydroxyl groups is 1. The van der Waals surface area contributed by atoms with Crippen LogP contribution in [0.1, 0.15) is 75.6 Å². The predicted octanol–water partition coefficient (Wildman–Crippen LogP) is 9.26. The maximum absolute atomic E-state index is 13.8. The molecule has 1 aromatic heterocycles. The lowest BCUT2D eigenvalue weighted by atomic mass is 9.95. The topological polar surface area (TPSA) is 111 Å². The number of ketones is 1. The lowest BCUT2D eigenvalue weighted by Crippen LogP contribution is -2.29. The van der Waals surface area contributed by atoms with Crippen LogP contribution < -0.4 is 19.1 Å². The summed E-state index contributed by atoms with van der Waals surface area (Å²) in [6.45, 7) is 7.58. The average Bonchev–Trinajstić information content (AvgIpc) is 3.68. The maximum atomic E-state index is 13.8. The molecule has 1 N–H and O–H groups in total. The third-order valence-corrected chi connectivity index (χ3v) is 10.3. The van der Waals surface area contributed by atoms with Crippen LogP contribution in [-0.4, -0.2) is 46.8 Å². The van der Waals surface area contributed by atoms with Gasteiger partial charge in [-0.05, 0) is 73.4 Å². The summed E-state index contributed by atoms with van der Waals surface area (Å²) in [6, 6.07) is 18.7. The molecule has 1 atom stereocenters. The Bertz CT molecular complexity index is 1780. The number of Topliss-reactive ketones (excluding diaryl/α,β-unsaturated/α-hetero) is 1. The van der Waals surface area contributed by atoms with Gasteiger partial charge in [0.25, 0.3) is 5.78 Å². The Balaban J connectivity index is 1.53. The van der Waals surface area contributed by atoms with Crippen molar-refractivity contribution in [3.8, 4) is 17.2 Å². The zero-order chi connectivity index (χ0) is 34.8. The minimum atomic E-state index is -1.01. The molecule has 0 aliphatic carbocycles. The number of aromatic nitrogens is 2. The number of rotatable bonds is 17. The van der Waals surface area contributed by atoms with E-state index in [1.807, 2.05) is 31.2 Å². The summed E-state index contributed by atoms with van der Waals surface area (Å²) in [7, 11) is 0. The van der Waals surface area contributed by atoms with E-state index in [2.05, 4.69) is 24.0 Å². The zero-order valence-electron chi connectivity index (χ0n) is 27.8. The van der Waals surface area contributed by atoms with E-state index in [-0.39, 0.29) is 16.5 Å². The largest absolute Gasteiger partial charge is 0.507 e. The Morgan fingerprint density at radius 3 is 2.39 bits per heavy atom. The van der Waals surface area contributed by atoms with Gasteiger partial charge in [0, 0.05) is 16.3 Å². The molecule has 0 bridgehead atoms. The van der Waals surface area contributed by atoms with Crippen LogP contribution in [0.3, 0.4) is 0 Å². The molecule has 12 heteroatoms. The van der Waals surface area contributed by atoms with Gasteiger partial charge in [-0.25, -0.2) is 0 Å². The van der Waals surface area contributed by atoms with Gasteiger partial charge in [0.15, 0.2) is 15.8 Å². The van der Waals surface area contributed by atoms with Gasteiger partial charge in [0.2, 0.25) is 5.13 Å². The number of carbonyl (C=O) groups is 2. The first-order valence-corrected chi connectivity index (χ1v) is 18.7. The van der Waals surface area contributed by atoms with Gasteiger partial charge in [-0.1, -0.05) is 92.1 Å². The number of unbranched alkanes of at least 4 members (excludes halogenated alkanes) is 3. The van der Waals surface area contributed by atoms with Gasteiger partial charge < -0.3 is 19.3 Å². The number of hydrogen-bond acceptors (Lipinski definition) is 10. The van der Waals surface area contributed by atoms with Crippen LogP contribution in [0.5, 0.6) is 17.2 Å². The fourth-order valence-corrected chi connectivity index (χ4v) is 7.43. The Morgan fingerprint density at radius 1 is 0.898 bits per heavy atom. The van der Waals surface area contributed by atoms with Crippen molar-refractivity contribution < 1.29 is 28.9 Å². The number of thioether (sulfide) groups is 1. The van der Waals surface area contributed by atoms with Crippen molar-refractivity contribution >= 4 is 57.3 Å². The van der Waals surface area contributed by atoms with Gasteiger partial charge in [0.05, 0.1) is 31.4 Å². The van der Waals surface area contributed by atoms with Crippen LogP contribution in [0.4, 0.5) is 5.13 Å². The molecule has 3 aromatic carbocycles. The smallest absolute Gasteiger partial charge is 0.301 e. The molecule has 1 fully saturated rings. The van der Waals surface area contributed by atoms with Gasteiger partial charge in [0.1, 0.15) is 11.5 Å². The molecule has 2 heterocycles. The van der Waals surface area contributed by atoms with Crippen LogP contribution in [-0.2, 0) is 15.3 Å². The quantitative estimate of drug-likeness (QED) is 0.0285. The Morgan fingerprint density at radius 2 is 1.65 bits per heavy atom. The van der Waals surface area contributed by atoms with Gasteiger partial charge in [-0.15, -0.1) is 10.2 Å². The third-order valence-electron chi connectivity index (χ3n) is 7.84. The monoisotopic (exact) mass is 721 g/mol. The van der Waals surface area contributed by atoms with Crippen molar-refractivity contribution in [2.45, 2.75) is 69.0 Å². The molecule has 1 amide bonds. The number of anilines is 1. The first kappa shape index (κ1) is 36.2. The number of nitrogens with zero attached hydrogens (tertiary/aromatic N) is 3. The highest BCUT2D eigenvalue weighted by Gasteiger charge is 2.48. The zero-order valence-corrected chi connectivity index (χ0v) is 30.2. The second-order valence-corrected chi connectivity index (χ2v) is 13.9.